The number of thiazole rings is 1. The van der Waals surface area contributed by atoms with Crippen LogP contribution in [0.3, 0.4) is 0 Å². The number of nitrogen functional groups attached to an aromatic ring is 1. The van der Waals surface area contributed by atoms with Crippen molar-refractivity contribution >= 4 is 62.1 Å². The third kappa shape index (κ3) is 7.05. The van der Waals surface area contributed by atoms with Crippen molar-refractivity contribution in [3.63, 3.8) is 0 Å². The molecule has 40 heavy (non-hydrogen) atoms. The molecule has 2 atom stereocenters. The van der Waals surface area contributed by atoms with Crippen LogP contribution in [0.5, 0.6) is 0 Å². The minimum atomic E-state index is -4.67. The molecule has 2 aliphatic heterocycles. The highest BCUT2D eigenvalue weighted by atomic mass is 32.3. The second kappa shape index (κ2) is 12.6. The number of oxime groups is 1. The van der Waals surface area contributed by atoms with E-state index in [2.05, 4.69) is 15.5 Å². The summed E-state index contributed by atoms with van der Waals surface area (Å²) in [5, 5.41) is 34.5. The first-order valence-corrected chi connectivity index (χ1v) is 14.2. The minimum absolute atomic E-state index is 0.122. The van der Waals surface area contributed by atoms with Gasteiger partial charge in [0.05, 0.1) is 19.7 Å². The van der Waals surface area contributed by atoms with E-state index in [1.165, 1.54) is 35.0 Å². The van der Waals surface area contributed by atoms with Crippen LogP contribution in [0.2, 0.25) is 0 Å². The van der Waals surface area contributed by atoms with Gasteiger partial charge in [-0.2, -0.15) is 8.42 Å². The molecule has 1 unspecified atom stereocenters. The van der Waals surface area contributed by atoms with Crippen molar-refractivity contribution < 1.29 is 47.0 Å². The van der Waals surface area contributed by atoms with Gasteiger partial charge in [0, 0.05) is 17.3 Å². The Morgan fingerprint density at radius 3 is 2.60 bits per heavy atom. The summed E-state index contributed by atoms with van der Waals surface area (Å²) >= 11 is 2.43. The second-order valence-corrected chi connectivity index (χ2v) is 10.8. The first-order chi connectivity index (χ1) is 18.8. The van der Waals surface area contributed by atoms with E-state index >= 15 is 0 Å². The zero-order chi connectivity index (χ0) is 29.8. The molecule has 0 spiro atoms. The summed E-state index contributed by atoms with van der Waals surface area (Å²) in [6, 6.07) is 0.567. The third-order valence-corrected chi connectivity index (χ3v) is 7.37. The summed E-state index contributed by atoms with van der Waals surface area (Å²) < 4.78 is 34.7. The molecule has 2 aromatic rings. The van der Waals surface area contributed by atoms with Crippen molar-refractivity contribution in [3.05, 3.63) is 40.1 Å². The number of hydrogen-bond acceptors (Lipinski definition) is 13. The Kier molecular flexibility index (Phi) is 9.70. The van der Waals surface area contributed by atoms with Crippen molar-refractivity contribution in [3.8, 4) is 0 Å². The lowest BCUT2D eigenvalue weighted by Gasteiger charge is -2.49. The number of rotatable bonds is 9. The molecule has 0 aromatic carbocycles. The quantitative estimate of drug-likeness (QED) is 0.0688. The van der Waals surface area contributed by atoms with Crippen molar-refractivity contribution in [2.24, 2.45) is 5.16 Å². The maximum atomic E-state index is 13.0. The van der Waals surface area contributed by atoms with E-state index in [1.807, 2.05) is 0 Å². The number of fused-ring (bicyclic) bond motifs is 1. The van der Waals surface area contributed by atoms with E-state index in [0.29, 0.717) is 5.57 Å². The number of carbonyl (C=O) groups excluding carboxylic acids is 2. The number of aliphatic hydroxyl groups is 1. The van der Waals surface area contributed by atoms with Gasteiger partial charge in [-0.05, 0) is 11.6 Å². The molecule has 18 nitrogen and oxygen atoms in total. The largest absolute Gasteiger partial charge is 0.477 e. The van der Waals surface area contributed by atoms with E-state index in [9.17, 15) is 24.6 Å². The number of aliphatic hydroxyl groups excluding tert-OH is 1. The molecule has 1 fully saturated rings. The lowest BCUT2D eigenvalue weighted by molar-refractivity contribution is -0.150. The van der Waals surface area contributed by atoms with E-state index in [-0.39, 0.29) is 53.2 Å². The predicted octanol–water partition coefficient (Wildman–Crippen LogP) is -2.06. The number of aromatic nitrogens is 3. The van der Waals surface area contributed by atoms with Crippen LogP contribution >= 0.6 is 23.1 Å². The summed E-state index contributed by atoms with van der Waals surface area (Å²) in [5.74, 6) is -2.26. The van der Waals surface area contributed by atoms with E-state index in [0.717, 1.165) is 16.2 Å². The summed E-state index contributed by atoms with van der Waals surface area (Å²) in [6.07, 6.45) is 1.62. The second-order valence-electron chi connectivity index (χ2n) is 7.90. The molecule has 2 aromatic heterocycles. The van der Waals surface area contributed by atoms with Gasteiger partial charge in [-0.3, -0.25) is 38.4 Å². The van der Waals surface area contributed by atoms with Gasteiger partial charge in [-0.1, -0.05) is 5.16 Å². The highest BCUT2D eigenvalue weighted by Crippen LogP contribution is 2.40. The highest BCUT2D eigenvalue weighted by molar-refractivity contribution is 8.00. The Labute approximate surface area is 233 Å². The SMILES string of the molecule is CO/N=C(/C(=O)NC1C(=O)N2C(C(=O)O)=C(Cn3ccc(=N)n3CCO)CS[C@H]12)c1csc(N)n1.O=S(=O)(O)O. The third-order valence-electron chi connectivity index (χ3n) is 5.36. The smallest absolute Gasteiger partial charge is 0.394 e. The number of carboxylic acid groups (broad SMARTS) is 1. The topological polar surface area (TPSA) is 276 Å². The first kappa shape index (κ1) is 30.8. The number of nitrogens with two attached hydrogens (primary N) is 1. The van der Waals surface area contributed by atoms with Crippen LogP contribution in [0.15, 0.2) is 34.1 Å². The Morgan fingerprint density at radius 2 is 2.05 bits per heavy atom. The van der Waals surface area contributed by atoms with Gasteiger partial charge in [0.25, 0.3) is 11.8 Å². The number of thioether (sulfide) groups is 1. The van der Waals surface area contributed by atoms with Crippen molar-refractivity contribution in [1.82, 2.24) is 24.6 Å². The van der Waals surface area contributed by atoms with Gasteiger partial charge in [-0.25, -0.2) is 9.78 Å². The molecule has 0 radical (unpaired) electrons. The predicted molar refractivity (Wildman–Crippen MR) is 139 cm³/mol. The molecular weight excluding hydrogens is 596 g/mol. The lowest BCUT2D eigenvalue weighted by atomic mass is 10.0. The average molecular weight is 621 g/mol. The fraction of sp³-hybridized carbons (Fsp3) is 0.368. The monoisotopic (exact) mass is 620 g/mol. The maximum Gasteiger partial charge on any atom is 0.394 e. The number of hydrogen-bond donors (Lipinski definition) is 7. The summed E-state index contributed by atoms with van der Waals surface area (Å²) in [5.41, 5.74) is 6.14. The summed E-state index contributed by atoms with van der Waals surface area (Å²) in [7, 11) is -3.40. The van der Waals surface area contributed by atoms with Gasteiger partial charge in [0.1, 0.15) is 35.4 Å². The van der Waals surface area contributed by atoms with Crippen LogP contribution in [0.25, 0.3) is 0 Å². The molecule has 21 heteroatoms. The van der Waals surface area contributed by atoms with E-state index in [1.54, 1.807) is 10.9 Å². The van der Waals surface area contributed by atoms with Crippen LogP contribution in [0.1, 0.15) is 5.69 Å². The molecular formula is C19H24N8O10S3. The van der Waals surface area contributed by atoms with E-state index < -0.39 is 39.6 Å². The zero-order valence-electron chi connectivity index (χ0n) is 20.5. The number of carboxylic acids is 1. The Morgan fingerprint density at radius 1 is 1.38 bits per heavy atom. The molecule has 4 rings (SSSR count). The minimum Gasteiger partial charge on any atom is -0.477 e. The van der Waals surface area contributed by atoms with Crippen LogP contribution in [0.4, 0.5) is 5.13 Å². The van der Waals surface area contributed by atoms with Gasteiger partial charge >= 0.3 is 16.4 Å². The maximum absolute atomic E-state index is 13.0. The lowest BCUT2D eigenvalue weighted by Crippen LogP contribution is -2.71. The highest BCUT2D eigenvalue weighted by Gasteiger charge is 2.54. The normalized spacial score (nSPS) is 18.9. The van der Waals surface area contributed by atoms with Crippen LogP contribution in [-0.4, -0.2) is 101 Å². The molecule has 0 saturated carbocycles. The number of anilines is 1. The number of β-lactam (4-membered cyclic amide) rings is 1. The number of nitrogens with one attached hydrogen (secondary N) is 2. The Balaban J connectivity index is 0.000000810. The number of nitrogens with zero attached hydrogens (tertiary/aromatic N) is 5. The number of carbonyl (C=O) groups is 3. The average Bonchev–Trinajstić information content (AvgIpc) is 3.45. The molecule has 1 saturated heterocycles. The van der Waals surface area contributed by atoms with Crippen LogP contribution < -0.4 is 16.5 Å². The van der Waals surface area contributed by atoms with Gasteiger partial charge < -0.3 is 26.1 Å². The van der Waals surface area contributed by atoms with E-state index in [4.69, 9.17) is 33.5 Å². The zero-order valence-corrected chi connectivity index (χ0v) is 22.9. The molecule has 8 N–H and O–H groups in total. The van der Waals surface area contributed by atoms with Gasteiger partial charge in [0.2, 0.25) is 0 Å². The van der Waals surface area contributed by atoms with Gasteiger partial charge in [-0.15, -0.1) is 23.1 Å². The molecule has 4 heterocycles. The fourth-order valence-corrected chi connectivity index (χ4v) is 5.73. The van der Waals surface area contributed by atoms with Crippen LogP contribution in [-0.2, 0) is 42.7 Å². The Hall–Kier alpha value is -3.76. The molecule has 0 aliphatic carbocycles. The Bertz CT molecular complexity index is 1520. The summed E-state index contributed by atoms with van der Waals surface area (Å²) in [6.45, 7) is 0.108. The standard InChI is InChI=1S/C19H22N8O6S2.H2O4S/c1-33-24-12(10-8-35-19(21)22-10)15(29)23-13-16(30)27-14(18(31)32)9(7-34-17(13)27)6-25-3-2-11(20)26(25)4-5-28;1-5(2,3)4/h2-3,8,13,17,20,28H,4-7H2,1H3,(H2,21,22)(H,23,29)(H,31,32);(H2,1,2,3,4)/b20-11?,24-12+;/t13?,17-;/m1./s1. The summed E-state index contributed by atoms with van der Waals surface area (Å²) in [4.78, 5) is 47.8. The molecule has 2 aliphatic rings. The number of amides is 2. The molecule has 0 bridgehead atoms. The fourth-order valence-electron chi connectivity index (χ4n) is 3.85. The number of aliphatic carboxylic acids is 1. The van der Waals surface area contributed by atoms with Crippen molar-refractivity contribution in [1.29, 1.82) is 5.41 Å². The van der Waals surface area contributed by atoms with Crippen molar-refractivity contribution in [2.75, 3.05) is 25.2 Å². The first-order valence-electron chi connectivity index (χ1n) is 10.9. The van der Waals surface area contributed by atoms with Crippen molar-refractivity contribution in [2.45, 2.75) is 24.5 Å². The molecule has 218 valence electrons. The van der Waals surface area contributed by atoms with Gasteiger partial charge in [0.15, 0.2) is 10.8 Å². The van der Waals surface area contributed by atoms with Crippen LogP contribution in [0, 0.1) is 5.41 Å². The molecule has 2 amide bonds.